The van der Waals surface area contributed by atoms with Crippen LogP contribution in [0.5, 0.6) is 0 Å². The SMILES string of the molecule is CC(=O)OCCOCCNC(=O)Nc1ccc(CC(=O)O)cc1. The van der Waals surface area contributed by atoms with E-state index < -0.39 is 5.97 Å². The van der Waals surface area contributed by atoms with Gasteiger partial charge in [-0.15, -0.1) is 0 Å². The van der Waals surface area contributed by atoms with Crippen molar-refractivity contribution in [3.05, 3.63) is 29.8 Å². The van der Waals surface area contributed by atoms with Crippen molar-refractivity contribution in [3.63, 3.8) is 0 Å². The zero-order chi connectivity index (χ0) is 17.1. The van der Waals surface area contributed by atoms with Crippen molar-refractivity contribution in [2.45, 2.75) is 13.3 Å². The highest BCUT2D eigenvalue weighted by atomic mass is 16.6. The predicted octanol–water partition coefficient (Wildman–Crippen LogP) is 1.01. The molecule has 0 spiro atoms. The van der Waals surface area contributed by atoms with E-state index in [1.54, 1.807) is 24.3 Å². The van der Waals surface area contributed by atoms with Gasteiger partial charge < -0.3 is 25.2 Å². The Hall–Kier alpha value is -2.61. The van der Waals surface area contributed by atoms with Crippen LogP contribution in [0.2, 0.25) is 0 Å². The second-order valence-corrected chi connectivity index (χ2v) is 4.60. The van der Waals surface area contributed by atoms with E-state index in [9.17, 15) is 14.4 Å². The van der Waals surface area contributed by atoms with Gasteiger partial charge in [-0.1, -0.05) is 12.1 Å². The molecule has 0 atom stereocenters. The number of carbonyl (C=O) groups is 3. The summed E-state index contributed by atoms with van der Waals surface area (Å²) in [6.07, 6.45) is -0.0584. The minimum Gasteiger partial charge on any atom is -0.481 e. The van der Waals surface area contributed by atoms with E-state index in [2.05, 4.69) is 15.4 Å². The van der Waals surface area contributed by atoms with Gasteiger partial charge in [0.25, 0.3) is 0 Å². The maximum absolute atomic E-state index is 11.6. The smallest absolute Gasteiger partial charge is 0.319 e. The molecule has 0 aliphatic rings. The molecule has 0 aliphatic heterocycles. The van der Waals surface area contributed by atoms with Crippen LogP contribution in [0.3, 0.4) is 0 Å². The molecule has 0 saturated carbocycles. The largest absolute Gasteiger partial charge is 0.481 e. The molecule has 1 aromatic carbocycles. The number of ether oxygens (including phenoxy) is 2. The van der Waals surface area contributed by atoms with Gasteiger partial charge in [0.1, 0.15) is 6.61 Å². The van der Waals surface area contributed by atoms with Crippen molar-refractivity contribution in [2.75, 3.05) is 31.7 Å². The molecule has 0 unspecified atom stereocenters. The Bertz CT molecular complexity index is 529. The van der Waals surface area contributed by atoms with Crippen LogP contribution in [-0.2, 0) is 25.5 Å². The van der Waals surface area contributed by atoms with E-state index in [-0.39, 0.29) is 31.6 Å². The maximum atomic E-state index is 11.6. The van der Waals surface area contributed by atoms with Crippen molar-refractivity contribution < 1.29 is 29.0 Å². The van der Waals surface area contributed by atoms with E-state index in [1.807, 2.05) is 0 Å². The number of hydrogen-bond donors (Lipinski definition) is 3. The molecule has 23 heavy (non-hydrogen) atoms. The number of urea groups is 1. The number of carbonyl (C=O) groups excluding carboxylic acids is 2. The average molecular weight is 324 g/mol. The first-order valence-electron chi connectivity index (χ1n) is 7.04. The zero-order valence-corrected chi connectivity index (χ0v) is 12.8. The first-order valence-corrected chi connectivity index (χ1v) is 7.04. The van der Waals surface area contributed by atoms with Gasteiger partial charge in [0, 0.05) is 19.2 Å². The van der Waals surface area contributed by atoms with Crippen LogP contribution in [-0.4, -0.2) is 49.4 Å². The lowest BCUT2D eigenvalue weighted by molar-refractivity contribution is -0.142. The number of amides is 2. The second-order valence-electron chi connectivity index (χ2n) is 4.60. The van der Waals surface area contributed by atoms with E-state index in [4.69, 9.17) is 9.84 Å². The highest BCUT2D eigenvalue weighted by Gasteiger charge is 2.03. The Morgan fingerprint density at radius 3 is 2.39 bits per heavy atom. The van der Waals surface area contributed by atoms with E-state index in [0.29, 0.717) is 24.4 Å². The molecule has 0 aromatic heterocycles. The molecule has 0 heterocycles. The number of anilines is 1. The normalized spacial score (nSPS) is 9.96. The van der Waals surface area contributed by atoms with Gasteiger partial charge in [-0.05, 0) is 17.7 Å². The first kappa shape index (κ1) is 18.4. The number of carboxylic acids is 1. The fourth-order valence-electron chi connectivity index (χ4n) is 1.64. The van der Waals surface area contributed by atoms with E-state index in [0.717, 1.165) is 0 Å². The number of carboxylic acid groups (broad SMARTS) is 1. The molecule has 3 N–H and O–H groups in total. The molecule has 8 heteroatoms. The van der Waals surface area contributed by atoms with Crippen LogP contribution < -0.4 is 10.6 Å². The standard InChI is InChI=1S/C15H20N2O6/c1-11(18)23-9-8-22-7-6-16-15(21)17-13-4-2-12(3-5-13)10-14(19)20/h2-5H,6-10H2,1H3,(H,19,20)(H2,16,17,21). The summed E-state index contributed by atoms with van der Waals surface area (Å²) in [6, 6.07) is 6.16. The summed E-state index contributed by atoms with van der Waals surface area (Å²) in [5.41, 5.74) is 1.22. The average Bonchev–Trinajstić information content (AvgIpc) is 2.47. The van der Waals surface area contributed by atoms with Crippen LogP contribution in [0.15, 0.2) is 24.3 Å². The third kappa shape index (κ3) is 9.10. The number of rotatable bonds is 9. The molecular weight excluding hydrogens is 304 g/mol. The van der Waals surface area contributed by atoms with Crippen LogP contribution in [0, 0.1) is 0 Å². The summed E-state index contributed by atoms with van der Waals surface area (Å²) >= 11 is 0. The van der Waals surface area contributed by atoms with Gasteiger partial charge in [0.05, 0.1) is 19.6 Å². The Morgan fingerprint density at radius 2 is 1.78 bits per heavy atom. The Balaban J connectivity index is 2.16. The zero-order valence-electron chi connectivity index (χ0n) is 12.8. The summed E-state index contributed by atoms with van der Waals surface area (Å²) in [4.78, 5) is 32.7. The highest BCUT2D eigenvalue weighted by Crippen LogP contribution is 2.09. The molecule has 0 aliphatic carbocycles. The minimum absolute atomic E-state index is 0.0584. The summed E-state index contributed by atoms with van der Waals surface area (Å²) in [5.74, 6) is -1.27. The van der Waals surface area contributed by atoms with Gasteiger partial charge in [0.15, 0.2) is 0 Å². The third-order valence-electron chi connectivity index (χ3n) is 2.63. The lowest BCUT2D eigenvalue weighted by Gasteiger charge is -2.08. The van der Waals surface area contributed by atoms with Gasteiger partial charge >= 0.3 is 18.0 Å². The Labute approximate surface area is 133 Å². The lowest BCUT2D eigenvalue weighted by Crippen LogP contribution is -2.31. The van der Waals surface area contributed by atoms with Gasteiger partial charge in [-0.2, -0.15) is 0 Å². The number of nitrogens with one attached hydrogen (secondary N) is 2. The van der Waals surface area contributed by atoms with Crippen molar-refractivity contribution >= 4 is 23.7 Å². The lowest BCUT2D eigenvalue weighted by atomic mass is 10.1. The van der Waals surface area contributed by atoms with E-state index >= 15 is 0 Å². The number of aliphatic carboxylic acids is 1. The van der Waals surface area contributed by atoms with Crippen molar-refractivity contribution in [1.29, 1.82) is 0 Å². The second kappa shape index (κ2) is 10.2. The van der Waals surface area contributed by atoms with Crippen molar-refractivity contribution in [3.8, 4) is 0 Å². The summed E-state index contributed by atoms with van der Waals surface area (Å²) in [6.45, 7) is 2.38. The quantitative estimate of drug-likeness (QED) is 0.461. The molecule has 0 saturated heterocycles. The van der Waals surface area contributed by atoms with Gasteiger partial charge in [0.2, 0.25) is 0 Å². The monoisotopic (exact) mass is 324 g/mol. The third-order valence-corrected chi connectivity index (χ3v) is 2.63. The van der Waals surface area contributed by atoms with Crippen LogP contribution in [0.4, 0.5) is 10.5 Å². The fourth-order valence-corrected chi connectivity index (χ4v) is 1.64. The molecule has 8 nitrogen and oxygen atoms in total. The molecular formula is C15H20N2O6. The van der Waals surface area contributed by atoms with Crippen molar-refractivity contribution in [2.24, 2.45) is 0 Å². The molecule has 1 aromatic rings. The number of benzene rings is 1. The summed E-state index contributed by atoms with van der Waals surface area (Å²) in [5, 5.41) is 13.9. The minimum atomic E-state index is -0.905. The predicted molar refractivity (Wildman–Crippen MR) is 82.3 cm³/mol. The number of esters is 1. The van der Waals surface area contributed by atoms with Crippen LogP contribution >= 0.6 is 0 Å². The topological polar surface area (TPSA) is 114 Å². The molecule has 0 bridgehead atoms. The van der Waals surface area contributed by atoms with E-state index in [1.165, 1.54) is 6.92 Å². The molecule has 126 valence electrons. The van der Waals surface area contributed by atoms with Crippen molar-refractivity contribution in [1.82, 2.24) is 5.32 Å². The number of hydrogen-bond acceptors (Lipinski definition) is 5. The van der Waals surface area contributed by atoms with Gasteiger partial charge in [-0.3, -0.25) is 9.59 Å². The van der Waals surface area contributed by atoms with Gasteiger partial charge in [-0.25, -0.2) is 4.79 Å². The molecule has 2 amide bonds. The van der Waals surface area contributed by atoms with Crippen LogP contribution in [0.25, 0.3) is 0 Å². The highest BCUT2D eigenvalue weighted by molar-refractivity contribution is 5.89. The summed E-state index contributed by atoms with van der Waals surface area (Å²) < 4.78 is 9.84. The maximum Gasteiger partial charge on any atom is 0.319 e. The fraction of sp³-hybridized carbons (Fsp3) is 0.400. The Kier molecular flexibility index (Phi) is 8.16. The molecule has 0 fully saturated rings. The first-order chi connectivity index (χ1) is 11.0. The summed E-state index contributed by atoms with van der Waals surface area (Å²) in [7, 11) is 0. The van der Waals surface area contributed by atoms with Crippen LogP contribution in [0.1, 0.15) is 12.5 Å². The molecule has 1 rings (SSSR count). The Morgan fingerprint density at radius 1 is 1.09 bits per heavy atom. The molecule has 0 radical (unpaired) electrons.